The van der Waals surface area contributed by atoms with E-state index in [1.54, 1.807) is 125 Å². The molecule has 32 nitrogen and oxygen atoms in total. The van der Waals surface area contributed by atoms with Gasteiger partial charge in [-0.15, -0.1) is 0 Å². The van der Waals surface area contributed by atoms with E-state index in [4.69, 9.17) is 49.9 Å². The molecule has 37 heteroatoms. The Bertz CT molecular complexity index is 4560. The third-order valence-electron chi connectivity index (χ3n) is 15.2. The number of carbonyl (C=O) groups is 2. The molecule has 0 amide bonds. The van der Waals surface area contributed by atoms with Crippen molar-refractivity contribution < 1.29 is 106 Å². The summed E-state index contributed by atoms with van der Waals surface area (Å²) < 4.78 is 91.4. The molecule has 0 saturated carbocycles. The Kier molecular flexibility index (Phi) is 37.2. The van der Waals surface area contributed by atoms with Crippen molar-refractivity contribution in [3.8, 4) is 29.4 Å². The van der Waals surface area contributed by atoms with Crippen molar-refractivity contribution in [2.75, 3.05) is 31.8 Å². The SMILES string of the molecule is C.C.CC(C)OC(=O)[C@H](Cc1ccccc1)NP(=O)(OC[C@H]1O[C@@](C#N)(c2ccc3c(N)ncnn23)[C@H](O)[C@@H]1O)Oc1ccccc1.CC(C)OC(=O)[C@H](Cc1ccccc1)NP(=O)(Oc1ccccc1)Oc1ccc([N+](=O)[O-])cc1.C[C-](C)C.N#C[C@@]1(c2ccc3c(N)ncnn23)O[C@H](CO)[C@@H](O)[C@H]1O.[2H]CF.[Cl-].[HH].[Mg+2]. The number of anilines is 2. The topological polar surface area (TPSA) is 470 Å². The van der Waals surface area contributed by atoms with E-state index in [1.165, 1.54) is 64.0 Å². The summed E-state index contributed by atoms with van der Waals surface area (Å²) in [5.41, 5.74) is 10.2. The Morgan fingerprint density at radius 2 is 1.00 bits per heavy atom. The van der Waals surface area contributed by atoms with Gasteiger partial charge < -0.3 is 87.8 Å². The normalized spacial score (nSPS) is 20.4. The zero-order chi connectivity index (χ0) is 78.2. The summed E-state index contributed by atoms with van der Waals surface area (Å²) in [4.78, 5) is 44.2. The van der Waals surface area contributed by atoms with Gasteiger partial charge in [-0.3, -0.25) is 28.6 Å². The second-order valence-corrected chi connectivity index (χ2v) is 27.9. The molecule has 2 unspecified atom stereocenters. The number of ether oxygens (including phenoxy) is 4. The number of nitrogens with two attached hydrogens (primary N) is 2. The van der Waals surface area contributed by atoms with E-state index < -0.39 is 125 Å². The molecule has 0 radical (unpaired) electrons. The molecule has 9 aromatic rings. The van der Waals surface area contributed by atoms with Gasteiger partial charge in [0, 0.05) is 13.6 Å². The number of nitriles is 2. The second kappa shape index (κ2) is 43.9. The number of aromatic nitrogens is 6. The predicted molar refractivity (Wildman–Crippen MR) is 404 cm³/mol. The molecule has 0 bridgehead atoms. The number of esters is 2. The summed E-state index contributed by atoms with van der Waals surface area (Å²) in [6, 6.07) is 47.4. The van der Waals surface area contributed by atoms with Crippen molar-refractivity contribution >= 4 is 78.8 Å². The number of aliphatic hydroxyl groups excluding tert-OH is 5. The Morgan fingerprint density at radius 3 is 1.35 bits per heavy atom. The minimum atomic E-state index is -4.44. The number of nitro groups is 1. The van der Waals surface area contributed by atoms with Crippen LogP contribution in [0.4, 0.5) is 21.7 Å². The number of aliphatic hydroxyl groups is 5. The molecule has 0 aliphatic carbocycles. The van der Waals surface area contributed by atoms with Crippen molar-refractivity contribution in [3.63, 3.8) is 0 Å². The van der Waals surface area contributed by atoms with Crippen LogP contribution in [0.2, 0.25) is 0 Å². The third-order valence-corrected chi connectivity index (χ3v) is 18.3. The number of para-hydroxylation sites is 2. The van der Waals surface area contributed by atoms with Crippen molar-refractivity contribution in [1.29, 1.82) is 10.5 Å². The molecule has 2 saturated heterocycles. The van der Waals surface area contributed by atoms with Gasteiger partial charge in [-0.1, -0.05) is 112 Å². The number of halogens is 2. The van der Waals surface area contributed by atoms with Crippen LogP contribution in [0.5, 0.6) is 17.2 Å². The number of rotatable bonds is 25. The first-order valence-corrected chi connectivity index (χ1v) is 35.7. The van der Waals surface area contributed by atoms with Gasteiger partial charge in [0.1, 0.15) is 102 Å². The van der Waals surface area contributed by atoms with Crippen molar-refractivity contribution in [1.82, 2.24) is 39.4 Å². The molecule has 2 fully saturated rings. The number of benzene rings is 5. The molecule has 5 aromatic carbocycles. The minimum absolute atomic E-state index is 0. The van der Waals surface area contributed by atoms with E-state index in [1.807, 2.05) is 48.5 Å². The largest absolute Gasteiger partial charge is 2.00 e. The number of hydrogen-bond acceptors (Lipinski definition) is 27. The quantitative estimate of drug-likeness (QED) is 0.00755. The predicted octanol–water partition coefficient (Wildman–Crippen LogP) is 6.31. The monoisotopic (exact) mass is 1600 g/mol. The molecule has 4 aromatic heterocycles. The Hall–Kier alpha value is -9.29. The number of non-ortho nitro benzene ring substituents is 1. The molecule has 0 spiro atoms. The van der Waals surface area contributed by atoms with E-state index in [-0.39, 0.29) is 111 Å². The van der Waals surface area contributed by atoms with Gasteiger partial charge in [0.2, 0.25) is 11.2 Å². The maximum atomic E-state index is 14.3. The molecular weight excluding hydrogens is 1500 g/mol. The van der Waals surface area contributed by atoms with Crippen LogP contribution >= 0.6 is 15.5 Å². The molecule has 11 N–H and O–H groups in total. The number of nitrogens with zero attached hydrogens (tertiary/aromatic N) is 9. The summed E-state index contributed by atoms with van der Waals surface area (Å²) in [6.45, 7) is 11.9. The van der Waals surface area contributed by atoms with Crippen LogP contribution in [0.15, 0.2) is 183 Å². The van der Waals surface area contributed by atoms with Gasteiger partial charge in [-0.05, 0) is 112 Å². The first kappa shape index (κ1) is 93.1. The fourth-order valence-electron chi connectivity index (χ4n) is 10.5. The fraction of sp³-hybridized carbons (Fsp3) is 0.356. The van der Waals surface area contributed by atoms with Gasteiger partial charge >= 0.3 is 50.5 Å². The third kappa shape index (κ3) is 24.6. The number of nitro benzene ring substituents is 1. The molecule has 11 rings (SSSR count). The van der Waals surface area contributed by atoms with Crippen LogP contribution < -0.4 is 47.6 Å². The molecule has 2 aliphatic rings. The molecule has 110 heavy (non-hydrogen) atoms. The number of carbonyl (C=O) groups excluding carboxylic acids is 2. The standard InChI is InChI=1S/C30H33N6O8P.C24H25N2O7P.C12H13N5O4.C4H9.CH3F.2CH4.ClH.Mg.H2/c1-19(2)42-29(39)22(15-20-9-5-3-6-10-20)35-45(40,44-21-11-7-4-8-12-21)41-16-24-26(37)27(38)30(17-31,43-24)25-14-13-23-28(32)33-18-34-36(23)25;1-18(2)31-24(27)23(17-19-9-5-3-6-10-19)25-34(30,32-21-11-7-4-8-12-21)33-22-15-13-20(14-16-22)26(28)29;13-4-12(10(20)9(19)7(3-18)21-12)8-2-1-6-11(14)15-5-16-17(6)8;1-4(2)3;1-2;;;;;/h3-14,18-19,22,24,26-27,37-38H,15-16H2,1-2H3,(H,35,40)(H2,32,33,34);3-16,18,23H,17H2,1-2H3,(H,25,30);1-2,5,7,9-10,18-20H,3H2,(H2,14,15,16);1-3H3;1H3;2*1H4;1H;;1H/q;;;-1;;;;;+2;/p-1/t22-,24+,26+,27+,30-,45?;23-,34?;7-,9-,10-,12+;;;;;;;/m001......./s1/i;;;;1D;;;;;. The van der Waals surface area contributed by atoms with Crippen LogP contribution in [0.25, 0.3) is 11.0 Å². The van der Waals surface area contributed by atoms with Crippen molar-refractivity contribution in [3.05, 3.63) is 221 Å². The van der Waals surface area contributed by atoms with Crippen LogP contribution in [0, 0.1) is 38.7 Å². The Morgan fingerprint density at radius 1 is 0.655 bits per heavy atom. The average Bonchev–Trinajstić information content (AvgIpc) is 1.59. The molecule has 590 valence electrons. The molecular formula is C73H93ClFMgN13O19P2. The van der Waals surface area contributed by atoms with E-state index in [2.05, 4.69) is 51.1 Å². The first-order valence-electron chi connectivity index (χ1n) is 33.3. The second-order valence-electron chi connectivity index (χ2n) is 24.5. The smallest absolute Gasteiger partial charge is 1.00 e. The summed E-state index contributed by atoms with van der Waals surface area (Å²) in [5, 5.41) is 95.6. The van der Waals surface area contributed by atoms with Crippen LogP contribution in [0.1, 0.15) is 88.6 Å². The maximum absolute atomic E-state index is 14.3. The van der Waals surface area contributed by atoms with Crippen LogP contribution in [-0.4, -0.2) is 176 Å². The number of hydrogen-bond donors (Lipinski definition) is 9. The number of fused-ring (bicyclic) bond motifs is 2. The summed E-state index contributed by atoms with van der Waals surface area (Å²) in [5.74, 6) is 0.915. The summed E-state index contributed by atoms with van der Waals surface area (Å²) in [6.07, 6.45) is -7.00. The molecule has 6 heterocycles. The minimum Gasteiger partial charge on any atom is -1.00 e. The van der Waals surface area contributed by atoms with Crippen LogP contribution in [-0.2, 0) is 66.2 Å². The van der Waals surface area contributed by atoms with E-state index in [9.17, 15) is 69.3 Å². The fourth-order valence-corrected chi connectivity index (χ4v) is 13.5. The zero-order valence-corrected chi connectivity index (χ0v) is 63.6. The van der Waals surface area contributed by atoms with Crippen LogP contribution in [0.3, 0.4) is 0 Å². The van der Waals surface area contributed by atoms with Gasteiger partial charge in [0.15, 0.2) is 11.6 Å². The van der Waals surface area contributed by atoms with E-state index in [0.717, 1.165) is 11.1 Å². The van der Waals surface area contributed by atoms with Gasteiger partial charge in [0.25, 0.3) is 5.69 Å². The average molecular weight is 1600 g/mol. The number of alkyl halides is 1. The maximum Gasteiger partial charge on any atom is 2.00 e. The first-order chi connectivity index (χ1) is 51.0. The van der Waals surface area contributed by atoms with E-state index in [0.29, 0.717) is 11.0 Å². The summed E-state index contributed by atoms with van der Waals surface area (Å²) >= 11 is 0. The summed E-state index contributed by atoms with van der Waals surface area (Å²) in [7, 11) is -9.65. The number of nitrogen functional groups attached to an aromatic ring is 2. The van der Waals surface area contributed by atoms with Gasteiger partial charge in [0.05, 0.1) is 50.3 Å². The molecule has 2 aliphatic heterocycles. The van der Waals surface area contributed by atoms with Gasteiger partial charge in [-0.2, -0.15) is 51.7 Å². The number of nitrogens with one attached hydrogen (secondary N) is 2. The van der Waals surface area contributed by atoms with Crippen molar-refractivity contribution in [2.45, 2.75) is 148 Å². The zero-order valence-electron chi connectivity index (χ0n) is 60.6. The Balaban J connectivity index is 0.000000562. The van der Waals surface area contributed by atoms with E-state index >= 15 is 0 Å². The Labute approximate surface area is 661 Å². The van der Waals surface area contributed by atoms with Gasteiger partial charge in [-0.25, -0.2) is 28.1 Å². The molecule has 12 atom stereocenters. The van der Waals surface area contributed by atoms with Crippen molar-refractivity contribution in [2.24, 2.45) is 0 Å².